The fourth-order valence-corrected chi connectivity index (χ4v) is 2.65. The summed E-state index contributed by atoms with van der Waals surface area (Å²) < 4.78 is 0. The third kappa shape index (κ3) is 3.91. The normalized spacial score (nSPS) is 26.5. The van der Waals surface area contributed by atoms with Crippen LogP contribution in [0.4, 0.5) is 0 Å². The maximum atomic E-state index is 12.4. The predicted molar refractivity (Wildman–Crippen MR) is 70.7 cm³/mol. The zero-order valence-electron chi connectivity index (χ0n) is 11.6. The summed E-state index contributed by atoms with van der Waals surface area (Å²) in [6, 6.07) is -1.25. The molecule has 4 N–H and O–H groups in total. The first-order valence-corrected chi connectivity index (χ1v) is 6.85. The lowest BCUT2D eigenvalue weighted by Gasteiger charge is -2.37. The highest BCUT2D eigenvalue weighted by Crippen LogP contribution is 2.32. The molecule has 0 aliphatic carbocycles. The van der Waals surface area contributed by atoms with Gasteiger partial charge in [-0.15, -0.1) is 0 Å². The van der Waals surface area contributed by atoms with Crippen molar-refractivity contribution in [1.29, 1.82) is 0 Å². The summed E-state index contributed by atoms with van der Waals surface area (Å²) in [7, 11) is 0. The van der Waals surface area contributed by atoms with E-state index in [9.17, 15) is 14.7 Å². The number of hydrogen-bond acceptors (Lipinski definition) is 4. The lowest BCUT2D eigenvalue weighted by atomic mass is 9.76. The van der Waals surface area contributed by atoms with Crippen LogP contribution in [0.1, 0.15) is 39.5 Å². The number of aliphatic hydroxyl groups excluding tert-OH is 1. The summed E-state index contributed by atoms with van der Waals surface area (Å²) in [6.07, 6.45) is 2.13. The average molecular weight is 272 g/mol. The Hall–Kier alpha value is -1.14. The van der Waals surface area contributed by atoms with E-state index >= 15 is 0 Å². The number of hydrogen-bond donors (Lipinski definition) is 4. The number of carboxylic acids is 1. The molecule has 1 aliphatic rings. The Morgan fingerprint density at radius 3 is 2.58 bits per heavy atom. The molecule has 110 valence electrons. The second-order valence-corrected chi connectivity index (χ2v) is 5.34. The van der Waals surface area contributed by atoms with Crippen LogP contribution in [0.2, 0.25) is 0 Å². The van der Waals surface area contributed by atoms with Gasteiger partial charge in [0.2, 0.25) is 5.91 Å². The minimum Gasteiger partial charge on any atom is -0.480 e. The van der Waals surface area contributed by atoms with Crippen LogP contribution in [0, 0.1) is 5.41 Å². The second-order valence-electron chi connectivity index (χ2n) is 5.34. The van der Waals surface area contributed by atoms with E-state index in [0.717, 1.165) is 32.2 Å². The molecule has 1 saturated heterocycles. The van der Waals surface area contributed by atoms with Crippen molar-refractivity contribution in [3.05, 3.63) is 0 Å². The SMILES string of the molecule is CCCC1(C(=O)NC(C(=O)O)C(C)O)CCCNC1. The second kappa shape index (κ2) is 6.86. The summed E-state index contributed by atoms with van der Waals surface area (Å²) >= 11 is 0. The van der Waals surface area contributed by atoms with Crippen molar-refractivity contribution in [2.75, 3.05) is 13.1 Å². The largest absolute Gasteiger partial charge is 0.480 e. The maximum Gasteiger partial charge on any atom is 0.328 e. The molecular formula is C13H24N2O4. The number of nitrogens with one attached hydrogen (secondary N) is 2. The van der Waals surface area contributed by atoms with E-state index in [4.69, 9.17) is 5.11 Å². The number of rotatable bonds is 6. The van der Waals surface area contributed by atoms with E-state index in [1.165, 1.54) is 6.92 Å². The Morgan fingerprint density at radius 1 is 1.47 bits per heavy atom. The van der Waals surface area contributed by atoms with E-state index in [1.54, 1.807) is 0 Å². The van der Waals surface area contributed by atoms with E-state index in [1.807, 2.05) is 6.92 Å². The molecule has 0 saturated carbocycles. The third-order valence-electron chi connectivity index (χ3n) is 3.72. The molecule has 0 aromatic rings. The van der Waals surface area contributed by atoms with Crippen molar-refractivity contribution in [1.82, 2.24) is 10.6 Å². The summed E-state index contributed by atoms with van der Waals surface area (Å²) in [5.74, 6) is -1.48. The van der Waals surface area contributed by atoms with Gasteiger partial charge in [-0.25, -0.2) is 4.79 Å². The Morgan fingerprint density at radius 2 is 2.16 bits per heavy atom. The van der Waals surface area contributed by atoms with Crippen LogP contribution in [0.3, 0.4) is 0 Å². The third-order valence-corrected chi connectivity index (χ3v) is 3.72. The minimum atomic E-state index is -1.25. The van der Waals surface area contributed by atoms with Gasteiger partial charge in [-0.2, -0.15) is 0 Å². The van der Waals surface area contributed by atoms with Gasteiger partial charge in [-0.1, -0.05) is 13.3 Å². The van der Waals surface area contributed by atoms with Gasteiger partial charge in [0.1, 0.15) is 0 Å². The molecule has 3 unspecified atom stereocenters. The molecule has 6 nitrogen and oxygen atoms in total. The predicted octanol–water partition coefficient (Wildman–Crippen LogP) is 0.107. The zero-order chi connectivity index (χ0) is 14.5. The van der Waals surface area contributed by atoms with E-state index in [-0.39, 0.29) is 5.91 Å². The van der Waals surface area contributed by atoms with Crippen LogP contribution in [0.15, 0.2) is 0 Å². The van der Waals surface area contributed by atoms with Gasteiger partial charge in [-0.05, 0) is 32.7 Å². The average Bonchev–Trinajstić information content (AvgIpc) is 2.36. The molecule has 0 aromatic heterocycles. The molecular weight excluding hydrogens is 248 g/mol. The van der Waals surface area contributed by atoms with Crippen LogP contribution in [0.5, 0.6) is 0 Å². The van der Waals surface area contributed by atoms with Crippen molar-refractivity contribution >= 4 is 11.9 Å². The lowest BCUT2D eigenvalue weighted by Crippen LogP contribution is -2.56. The number of carboxylic acid groups (broad SMARTS) is 1. The number of piperidine rings is 1. The van der Waals surface area contributed by atoms with Crippen LogP contribution < -0.4 is 10.6 Å². The van der Waals surface area contributed by atoms with Crippen LogP contribution in [-0.4, -0.2) is 47.3 Å². The Labute approximate surface area is 113 Å². The first kappa shape index (κ1) is 15.9. The lowest BCUT2D eigenvalue weighted by molar-refractivity contribution is -0.147. The molecule has 1 rings (SSSR count). The molecule has 19 heavy (non-hydrogen) atoms. The molecule has 6 heteroatoms. The monoisotopic (exact) mass is 272 g/mol. The maximum absolute atomic E-state index is 12.4. The van der Waals surface area contributed by atoms with Gasteiger partial charge < -0.3 is 20.8 Å². The van der Waals surface area contributed by atoms with Gasteiger partial charge in [0.15, 0.2) is 6.04 Å². The molecule has 0 aromatic carbocycles. The van der Waals surface area contributed by atoms with Crippen LogP contribution in [0.25, 0.3) is 0 Å². The Kier molecular flexibility index (Phi) is 5.75. The molecule has 3 atom stereocenters. The fraction of sp³-hybridized carbons (Fsp3) is 0.846. The van der Waals surface area contributed by atoms with Gasteiger partial charge in [0, 0.05) is 6.54 Å². The van der Waals surface area contributed by atoms with Crippen LogP contribution >= 0.6 is 0 Å². The summed E-state index contributed by atoms with van der Waals surface area (Å²) in [5.41, 5.74) is -0.546. The smallest absolute Gasteiger partial charge is 0.328 e. The van der Waals surface area contributed by atoms with Crippen molar-refractivity contribution in [2.45, 2.75) is 51.7 Å². The summed E-state index contributed by atoms with van der Waals surface area (Å²) in [4.78, 5) is 23.4. The summed E-state index contributed by atoms with van der Waals surface area (Å²) in [5, 5.41) is 24.1. The highest BCUT2D eigenvalue weighted by Gasteiger charge is 2.40. The van der Waals surface area contributed by atoms with Crippen molar-refractivity contribution in [3.8, 4) is 0 Å². The fourth-order valence-electron chi connectivity index (χ4n) is 2.65. The molecule has 1 aliphatic heterocycles. The van der Waals surface area contributed by atoms with Crippen molar-refractivity contribution < 1.29 is 19.8 Å². The first-order chi connectivity index (χ1) is 8.93. The first-order valence-electron chi connectivity index (χ1n) is 6.85. The molecule has 1 fully saturated rings. The quantitative estimate of drug-likeness (QED) is 0.550. The molecule has 1 amide bonds. The van der Waals surface area contributed by atoms with E-state index in [2.05, 4.69) is 10.6 Å². The summed E-state index contributed by atoms with van der Waals surface area (Å²) in [6.45, 7) is 4.83. The number of aliphatic hydroxyl groups is 1. The highest BCUT2D eigenvalue weighted by atomic mass is 16.4. The minimum absolute atomic E-state index is 0.269. The molecule has 0 spiro atoms. The Balaban J connectivity index is 2.79. The van der Waals surface area contributed by atoms with Crippen molar-refractivity contribution in [3.63, 3.8) is 0 Å². The van der Waals surface area contributed by atoms with Crippen molar-refractivity contribution in [2.24, 2.45) is 5.41 Å². The number of amides is 1. The van der Waals surface area contributed by atoms with Crippen LogP contribution in [-0.2, 0) is 9.59 Å². The molecule has 0 radical (unpaired) electrons. The van der Waals surface area contributed by atoms with Gasteiger partial charge >= 0.3 is 5.97 Å². The Bertz CT molecular complexity index is 319. The standard InChI is InChI=1S/C13H24N2O4/c1-3-5-13(6-4-7-14-8-13)12(19)15-10(9(2)16)11(17)18/h9-10,14,16H,3-8H2,1-2H3,(H,15,19)(H,17,18). The zero-order valence-corrected chi connectivity index (χ0v) is 11.6. The van der Waals surface area contributed by atoms with E-state index < -0.39 is 23.5 Å². The highest BCUT2D eigenvalue weighted by molar-refractivity contribution is 5.88. The topological polar surface area (TPSA) is 98.7 Å². The van der Waals surface area contributed by atoms with Gasteiger partial charge in [-0.3, -0.25) is 4.79 Å². The van der Waals surface area contributed by atoms with E-state index in [0.29, 0.717) is 6.54 Å². The van der Waals surface area contributed by atoms with Gasteiger partial charge in [0.05, 0.1) is 11.5 Å². The number of carbonyl (C=O) groups excluding carboxylic acids is 1. The number of carbonyl (C=O) groups is 2. The molecule has 0 bridgehead atoms. The van der Waals surface area contributed by atoms with Gasteiger partial charge in [0.25, 0.3) is 0 Å². The number of aliphatic carboxylic acids is 1. The molecule has 1 heterocycles.